The molecule has 1 aromatic carbocycles. The van der Waals surface area contributed by atoms with Crippen LogP contribution in [-0.4, -0.2) is 37.6 Å². The number of benzene rings is 1. The van der Waals surface area contributed by atoms with Crippen LogP contribution >= 0.6 is 0 Å². The van der Waals surface area contributed by atoms with Crippen LogP contribution in [0.3, 0.4) is 0 Å². The predicted molar refractivity (Wildman–Crippen MR) is 71.5 cm³/mol. The van der Waals surface area contributed by atoms with E-state index in [-0.39, 0.29) is 5.92 Å². The number of rotatable bonds is 4. The first kappa shape index (κ1) is 12.5. The second kappa shape index (κ2) is 5.61. The normalized spacial score (nSPS) is 22.4. The molecule has 4 heteroatoms. The van der Waals surface area contributed by atoms with Crippen molar-refractivity contribution in [2.24, 2.45) is 5.92 Å². The molecule has 0 aromatic heterocycles. The molecular weight excluding hydrogens is 242 g/mol. The minimum atomic E-state index is 0.227. The van der Waals surface area contributed by atoms with Crippen molar-refractivity contribution in [2.75, 3.05) is 26.4 Å². The van der Waals surface area contributed by atoms with Crippen LogP contribution in [0.25, 0.3) is 0 Å². The fraction of sp³-hybridized carbons (Fsp3) is 0.533. The van der Waals surface area contributed by atoms with Crippen LogP contribution in [0.1, 0.15) is 18.4 Å². The van der Waals surface area contributed by atoms with E-state index in [1.807, 2.05) is 6.07 Å². The monoisotopic (exact) mass is 261 g/mol. The zero-order chi connectivity index (χ0) is 13.1. The topological polar surface area (TPSA) is 38.8 Å². The summed E-state index contributed by atoms with van der Waals surface area (Å²) in [6, 6.07) is 6.13. The van der Waals surface area contributed by atoms with E-state index in [9.17, 15) is 4.79 Å². The van der Waals surface area contributed by atoms with Crippen molar-refractivity contribution in [2.45, 2.75) is 19.3 Å². The summed E-state index contributed by atoms with van der Waals surface area (Å²) >= 11 is 0. The first-order chi connectivity index (χ1) is 9.35. The van der Waals surface area contributed by atoms with E-state index >= 15 is 0 Å². The van der Waals surface area contributed by atoms with Crippen molar-refractivity contribution in [3.8, 4) is 11.5 Å². The molecule has 1 fully saturated rings. The van der Waals surface area contributed by atoms with Crippen LogP contribution in [-0.2, 0) is 11.2 Å². The third-order valence-corrected chi connectivity index (χ3v) is 3.89. The average molecular weight is 261 g/mol. The molecule has 19 heavy (non-hydrogen) atoms. The third kappa shape index (κ3) is 2.89. The molecule has 2 aliphatic rings. The molecule has 0 aliphatic carbocycles. The summed E-state index contributed by atoms with van der Waals surface area (Å²) in [5.41, 5.74) is 1.26. The van der Waals surface area contributed by atoms with E-state index in [2.05, 4.69) is 17.0 Å². The molecular formula is C15H19NO3. The molecule has 0 bridgehead atoms. The molecule has 1 atom stereocenters. The molecule has 2 heterocycles. The summed E-state index contributed by atoms with van der Waals surface area (Å²) in [6.45, 7) is 3.35. The van der Waals surface area contributed by atoms with Gasteiger partial charge in [0.25, 0.3) is 0 Å². The van der Waals surface area contributed by atoms with Gasteiger partial charge in [0.1, 0.15) is 6.29 Å². The number of carbonyl (C=O) groups excluding carboxylic acids is 1. The fourth-order valence-electron chi connectivity index (χ4n) is 2.79. The summed E-state index contributed by atoms with van der Waals surface area (Å²) in [6.07, 6.45) is 4.27. The number of piperidine rings is 1. The molecule has 0 amide bonds. The lowest BCUT2D eigenvalue weighted by atomic mass is 9.99. The Hall–Kier alpha value is -1.55. The first-order valence-corrected chi connectivity index (χ1v) is 6.91. The van der Waals surface area contributed by atoms with Crippen LogP contribution < -0.4 is 9.47 Å². The maximum atomic E-state index is 10.9. The molecule has 4 nitrogen and oxygen atoms in total. The Kier molecular flexibility index (Phi) is 3.69. The van der Waals surface area contributed by atoms with Crippen LogP contribution in [0.4, 0.5) is 0 Å². The Balaban J connectivity index is 1.55. The number of fused-ring (bicyclic) bond motifs is 1. The summed E-state index contributed by atoms with van der Waals surface area (Å²) in [4.78, 5) is 13.2. The smallest absolute Gasteiger partial charge is 0.231 e. The number of likely N-dealkylation sites (tertiary alicyclic amines) is 1. The summed E-state index contributed by atoms with van der Waals surface area (Å²) in [5.74, 6) is 1.91. The zero-order valence-electron chi connectivity index (χ0n) is 11.0. The van der Waals surface area contributed by atoms with E-state index in [1.54, 1.807) is 0 Å². The Bertz CT molecular complexity index is 461. The number of carbonyl (C=O) groups is 1. The van der Waals surface area contributed by atoms with Crippen molar-refractivity contribution in [3.05, 3.63) is 23.8 Å². The minimum Gasteiger partial charge on any atom is -0.454 e. The maximum Gasteiger partial charge on any atom is 0.231 e. The molecule has 0 spiro atoms. The fourth-order valence-corrected chi connectivity index (χ4v) is 2.79. The van der Waals surface area contributed by atoms with Gasteiger partial charge in [-0.05, 0) is 43.5 Å². The highest BCUT2D eigenvalue weighted by Crippen LogP contribution is 2.32. The predicted octanol–water partition coefficient (Wildman–Crippen LogP) is 1.87. The molecule has 0 N–H and O–H groups in total. The minimum absolute atomic E-state index is 0.227. The van der Waals surface area contributed by atoms with Crippen molar-refractivity contribution in [1.82, 2.24) is 4.90 Å². The van der Waals surface area contributed by atoms with E-state index < -0.39 is 0 Å². The van der Waals surface area contributed by atoms with E-state index in [0.717, 1.165) is 56.7 Å². The van der Waals surface area contributed by atoms with Gasteiger partial charge in [-0.15, -0.1) is 0 Å². The Morgan fingerprint density at radius 1 is 1.32 bits per heavy atom. The van der Waals surface area contributed by atoms with Crippen LogP contribution in [0.2, 0.25) is 0 Å². The first-order valence-electron chi connectivity index (χ1n) is 6.91. The second-order valence-electron chi connectivity index (χ2n) is 5.28. The summed E-state index contributed by atoms with van der Waals surface area (Å²) < 4.78 is 10.7. The maximum absolute atomic E-state index is 10.9. The van der Waals surface area contributed by atoms with Gasteiger partial charge in [0.05, 0.1) is 0 Å². The Morgan fingerprint density at radius 3 is 3.11 bits per heavy atom. The number of hydrogen-bond donors (Lipinski definition) is 0. The molecule has 0 saturated carbocycles. The largest absolute Gasteiger partial charge is 0.454 e. The Labute approximate surface area is 113 Å². The third-order valence-electron chi connectivity index (χ3n) is 3.89. The number of ether oxygens (including phenoxy) is 2. The van der Waals surface area contributed by atoms with Crippen LogP contribution in [0, 0.1) is 5.92 Å². The molecule has 1 saturated heterocycles. The molecule has 102 valence electrons. The van der Waals surface area contributed by atoms with Crippen LogP contribution in [0.5, 0.6) is 11.5 Å². The standard InChI is InChI=1S/C15H19NO3/c17-10-13-2-1-6-16(9-13)7-5-12-3-4-14-15(8-12)19-11-18-14/h3-4,8,10,13H,1-2,5-7,9,11H2. The van der Waals surface area contributed by atoms with Gasteiger partial charge in [-0.1, -0.05) is 6.07 Å². The molecule has 3 rings (SSSR count). The highest BCUT2D eigenvalue weighted by atomic mass is 16.7. The average Bonchev–Trinajstić information content (AvgIpc) is 2.93. The van der Waals surface area contributed by atoms with Gasteiger partial charge in [-0.25, -0.2) is 0 Å². The second-order valence-corrected chi connectivity index (χ2v) is 5.28. The molecule has 1 unspecified atom stereocenters. The van der Waals surface area contributed by atoms with Gasteiger partial charge in [-0.3, -0.25) is 0 Å². The lowest BCUT2D eigenvalue weighted by Crippen LogP contribution is -2.37. The number of nitrogens with zero attached hydrogens (tertiary/aromatic N) is 1. The van der Waals surface area contributed by atoms with Gasteiger partial charge >= 0.3 is 0 Å². The van der Waals surface area contributed by atoms with Gasteiger partial charge in [0.2, 0.25) is 6.79 Å². The molecule has 1 aromatic rings. The highest BCUT2D eigenvalue weighted by Gasteiger charge is 2.19. The van der Waals surface area contributed by atoms with Crippen molar-refractivity contribution >= 4 is 6.29 Å². The summed E-state index contributed by atoms with van der Waals surface area (Å²) in [7, 11) is 0. The Morgan fingerprint density at radius 2 is 2.21 bits per heavy atom. The van der Waals surface area contributed by atoms with E-state index in [1.165, 1.54) is 5.56 Å². The van der Waals surface area contributed by atoms with E-state index in [0.29, 0.717) is 6.79 Å². The lowest BCUT2D eigenvalue weighted by Gasteiger charge is -2.30. The van der Waals surface area contributed by atoms with Crippen molar-refractivity contribution in [1.29, 1.82) is 0 Å². The zero-order valence-corrected chi connectivity index (χ0v) is 11.0. The number of aldehydes is 1. The molecule has 2 aliphatic heterocycles. The van der Waals surface area contributed by atoms with Crippen LogP contribution in [0.15, 0.2) is 18.2 Å². The molecule has 0 radical (unpaired) electrons. The quantitative estimate of drug-likeness (QED) is 0.776. The highest BCUT2D eigenvalue weighted by molar-refractivity contribution is 5.54. The number of hydrogen-bond acceptors (Lipinski definition) is 4. The van der Waals surface area contributed by atoms with Crippen molar-refractivity contribution in [3.63, 3.8) is 0 Å². The van der Waals surface area contributed by atoms with Gasteiger partial charge in [0.15, 0.2) is 11.5 Å². The van der Waals surface area contributed by atoms with Gasteiger partial charge < -0.3 is 19.2 Å². The summed E-state index contributed by atoms with van der Waals surface area (Å²) in [5, 5.41) is 0. The van der Waals surface area contributed by atoms with Gasteiger partial charge in [0, 0.05) is 19.0 Å². The SMILES string of the molecule is O=CC1CCCN(CCc2ccc3c(c2)OCO3)C1. The van der Waals surface area contributed by atoms with Gasteiger partial charge in [-0.2, -0.15) is 0 Å². The van der Waals surface area contributed by atoms with E-state index in [4.69, 9.17) is 9.47 Å². The lowest BCUT2D eigenvalue weighted by molar-refractivity contribution is -0.112. The van der Waals surface area contributed by atoms with Crippen molar-refractivity contribution < 1.29 is 14.3 Å².